The Morgan fingerprint density at radius 3 is 2.41 bits per heavy atom. The monoisotopic (exact) mass is 318 g/mol. The first kappa shape index (κ1) is 15.2. The highest BCUT2D eigenvalue weighted by Crippen LogP contribution is 2.48. The van der Waals surface area contributed by atoms with Crippen LogP contribution in [-0.2, 0) is 20.9 Å². The summed E-state index contributed by atoms with van der Waals surface area (Å²) in [5, 5.41) is 9.35. The fraction of sp³-hybridized carbons (Fsp3) is 0.412. The molecule has 2 aliphatic rings. The van der Waals surface area contributed by atoms with Crippen LogP contribution in [-0.4, -0.2) is 23.3 Å². The van der Waals surface area contributed by atoms with Crippen molar-refractivity contribution >= 4 is 23.7 Å². The summed E-state index contributed by atoms with van der Waals surface area (Å²) in [7, 11) is 0. The maximum atomic E-state index is 12.3. The first-order chi connectivity index (χ1) is 10.6. The topological polar surface area (TPSA) is 63.6 Å². The molecule has 1 fully saturated rings. The lowest BCUT2D eigenvalue weighted by Gasteiger charge is -2.23. The molecule has 4 nitrogen and oxygen atoms in total. The van der Waals surface area contributed by atoms with Crippen molar-refractivity contribution in [1.29, 1.82) is 0 Å². The quantitative estimate of drug-likeness (QED) is 0.514. The fourth-order valence-corrected chi connectivity index (χ4v) is 3.86. The van der Waals surface area contributed by atoms with Crippen molar-refractivity contribution in [3.05, 3.63) is 42.0 Å². The number of hydrogen-bond acceptors (Lipinski definition) is 4. The number of thioether (sulfide) groups is 1. The van der Waals surface area contributed by atoms with Gasteiger partial charge in [0.25, 0.3) is 0 Å². The predicted octanol–water partition coefficient (Wildman–Crippen LogP) is 2.97. The molecule has 3 rings (SSSR count). The molecule has 0 aromatic heterocycles. The molecular formula is C17H18O4S. The maximum absolute atomic E-state index is 12.3. The number of benzene rings is 1. The van der Waals surface area contributed by atoms with Crippen molar-refractivity contribution in [2.75, 3.05) is 6.26 Å². The van der Waals surface area contributed by atoms with Gasteiger partial charge in [-0.2, -0.15) is 0 Å². The Hall–Kier alpha value is -1.75. The van der Waals surface area contributed by atoms with Crippen LogP contribution >= 0.6 is 11.8 Å². The van der Waals surface area contributed by atoms with E-state index in [0.29, 0.717) is 0 Å². The molecule has 0 radical (unpaired) electrons. The van der Waals surface area contributed by atoms with Gasteiger partial charge < -0.3 is 9.84 Å². The molecule has 1 aromatic carbocycles. The summed E-state index contributed by atoms with van der Waals surface area (Å²) in [6.07, 6.45) is 6.64. The number of allylic oxidation sites excluding steroid dienone is 2. The molecule has 0 spiro atoms. The van der Waals surface area contributed by atoms with Crippen LogP contribution in [0.5, 0.6) is 0 Å². The Labute approximate surface area is 133 Å². The van der Waals surface area contributed by atoms with Gasteiger partial charge in [0, 0.05) is 4.90 Å². The van der Waals surface area contributed by atoms with E-state index in [4.69, 9.17) is 4.74 Å². The second-order valence-corrected chi connectivity index (χ2v) is 6.67. The van der Waals surface area contributed by atoms with Crippen molar-refractivity contribution in [2.24, 2.45) is 23.7 Å². The second-order valence-electron chi connectivity index (χ2n) is 5.79. The zero-order valence-corrected chi connectivity index (χ0v) is 13.1. The van der Waals surface area contributed by atoms with Gasteiger partial charge in [-0.3, -0.25) is 9.59 Å². The van der Waals surface area contributed by atoms with E-state index in [2.05, 4.69) is 0 Å². The smallest absolute Gasteiger partial charge is 0.310 e. The molecule has 5 heteroatoms. The summed E-state index contributed by atoms with van der Waals surface area (Å²) >= 11 is 1.65. The van der Waals surface area contributed by atoms with Crippen LogP contribution in [0.3, 0.4) is 0 Å². The fourth-order valence-electron chi connectivity index (χ4n) is 3.45. The van der Waals surface area contributed by atoms with Crippen LogP contribution in [0.2, 0.25) is 0 Å². The van der Waals surface area contributed by atoms with Gasteiger partial charge in [0.2, 0.25) is 0 Å². The minimum absolute atomic E-state index is 0.0115. The first-order valence-electron chi connectivity index (χ1n) is 7.31. The molecule has 116 valence electrons. The summed E-state index contributed by atoms with van der Waals surface area (Å²) in [4.78, 5) is 24.9. The minimum Gasteiger partial charge on any atom is -0.481 e. The molecule has 2 aliphatic carbocycles. The van der Waals surface area contributed by atoms with Gasteiger partial charge >= 0.3 is 11.9 Å². The number of esters is 1. The van der Waals surface area contributed by atoms with E-state index >= 15 is 0 Å². The lowest BCUT2D eigenvalue weighted by molar-refractivity contribution is -0.159. The molecule has 4 atom stereocenters. The van der Waals surface area contributed by atoms with E-state index in [9.17, 15) is 14.7 Å². The number of carbonyl (C=O) groups is 2. The number of rotatable bonds is 5. The van der Waals surface area contributed by atoms with Gasteiger partial charge in [-0.25, -0.2) is 0 Å². The third-order valence-electron chi connectivity index (χ3n) is 4.56. The lowest BCUT2D eigenvalue weighted by atomic mass is 9.83. The second kappa shape index (κ2) is 6.16. The molecule has 1 saturated carbocycles. The number of aliphatic carboxylic acids is 1. The van der Waals surface area contributed by atoms with Crippen molar-refractivity contribution < 1.29 is 19.4 Å². The highest BCUT2D eigenvalue weighted by Gasteiger charge is 2.52. The van der Waals surface area contributed by atoms with Crippen molar-refractivity contribution in [1.82, 2.24) is 0 Å². The van der Waals surface area contributed by atoms with Crippen LogP contribution in [0.4, 0.5) is 0 Å². The number of carboxylic acids is 1. The maximum Gasteiger partial charge on any atom is 0.310 e. The SMILES string of the molecule is CSc1ccc(COC(=O)[C@@H]2[C@H](C(=O)O)[C@H]3C=C[C@H]2C3)cc1. The third kappa shape index (κ3) is 2.77. The van der Waals surface area contributed by atoms with Crippen LogP contribution in [0.1, 0.15) is 12.0 Å². The molecule has 0 amide bonds. The van der Waals surface area contributed by atoms with E-state index in [1.807, 2.05) is 42.7 Å². The number of hydrogen-bond donors (Lipinski definition) is 1. The molecule has 0 saturated heterocycles. The molecular weight excluding hydrogens is 300 g/mol. The predicted molar refractivity (Wildman–Crippen MR) is 83.4 cm³/mol. The van der Waals surface area contributed by atoms with E-state index in [-0.39, 0.29) is 18.4 Å². The third-order valence-corrected chi connectivity index (χ3v) is 5.30. The van der Waals surface area contributed by atoms with Crippen LogP contribution in [0.15, 0.2) is 41.3 Å². The summed E-state index contributed by atoms with van der Waals surface area (Å²) in [5.74, 6) is -2.49. The Morgan fingerprint density at radius 2 is 1.82 bits per heavy atom. The summed E-state index contributed by atoms with van der Waals surface area (Å²) < 4.78 is 5.38. The van der Waals surface area contributed by atoms with Gasteiger partial charge in [-0.05, 0) is 42.2 Å². The number of carbonyl (C=O) groups excluding carboxylic acids is 1. The zero-order chi connectivity index (χ0) is 15.7. The number of fused-ring (bicyclic) bond motifs is 2. The summed E-state index contributed by atoms with van der Waals surface area (Å²) in [6, 6.07) is 7.81. The normalized spacial score (nSPS) is 28.8. The molecule has 2 bridgehead atoms. The molecule has 1 N–H and O–H groups in total. The Bertz CT molecular complexity index is 608. The van der Waals surface area contributed by atoms with Gasteiger partial charge in [-0.15, -0.1) is 11.8 Å². The average Bonchev–Trinajstić information content (AvgIpc) is 3.14. The highest BCUT2D eigenvalue weighted by atomic mass is 32.2. The van der Waals surface area contributed by atoms with Crippen LogP contribution in [0.25, 0.3) is 0 Å². The Balaban J connectivity index is 1.64. The molecule has 1 aromatic rings. The number of ether oxygens (including phenoxy) is 1. The Kier molecular flexibility index (Phi) is 4.25. The van der Waals surface area contributed by atoms with Gasteiger partial charge in [-0.1, -0.05) is 24.3 Å². The molecule has 0 unspecified atom stereocenters. The van der Waals surface area contributed by atoms with E-state index in [1.54, 1.807) is 11.8 Å². The molecule has 22 heavy (non-hydrogen) atoms. The molecule has 0 heterocycles. The van der Waals surface area contributed by atoms with Crippen molar-refractivity contribution in [3.63, 3.8) is 0 Å². The van der Waals surface area contributed by atoms with E-state index in [0.717, 1.165) is 16.9 Å². The standard InChI is InChI=1S/C17H18O4S/c1-22-13-6-2-10(3-7-13)9-21-17(20)15-12-5-4-11(8-12)14(15)16(18)19/h2-7,11-12,14-15H,8-9H2,1H3,(H,18,19)/t11-,12-,14+,15-/m0/s1. The van der Waals surface area contributed by atoms with Crippen molar-refractivity contribution in [3.8, 4) is 0 Å². The first-order valence-corrected chi connectivity index (χ1v) is 8.53. The van der Waals surface area contributed by atoms with Crippen molar-refractivity contribution in [2.45, 2.75) is 17.9 Å². The van der Waals surface area contributed by atoms with Gasteiger partial charge in [0.15, 0.2) is 0 Å². The van der Waals surface area contributed by atoms with Crippen LogP contribution < -0.4 is 0 Å². The van der Waals surface area contributed by atoms with Gasteiger partial charge in [0.1, 0.15) is 6.61 Å². The summed E-state index contributed by atoms with van der Waals surface area (Å²) in [6.45, 7) is 0.192. The van der Waals surface area contributed by atoms with Crippen LogP contribution in [0, 0.1) is 23.7 Å². The lowest BCUT2D eigenvalue weighted by Crippen LogP contribution is -2.34. The Morgan fingerprint density at radius 1 is 1.18 bits per heavy atom. The van der Waals surface area contributed by atoms with E-state index < -0.39 is 23.8 Å². The minimum atomic E-state index is -0.900. The van der Waals surface area contributed by atoms with Gasteiger partial charge in [0.05, 0.1) is 11.8 Å². The average molecular weight is 318 g/mol. The summed E-state index contributed by atoms with van der Waals surface area (Å²) in [5.41, 5.74) is 0.914. The number of carboxylic acid groups (broad SMARTS) is 1. The molecule has 0 aliphatic heterocycles. The largest absolute Gasteiger partial charge is 0.481 e. The highest BCUT2D eigenvalue weighted by molar-refractivity contribution is 7.98. The zero-order valence-electron chi connectivity index (χ0n) is 12.3. The van der Waals surface area contributed by atoms with E-state index in [1.165, 1.54) is 0 Å².